The fourth-order valence-electron chi connectivity index (χ4n) is 2.22. The van der Waals surface area contributed by atoms with E-state index in [1.54, 1.807) is 48.5 Å². The molecule has 24 heavy (non-hydrogen) atoms. The summed E-state index contributed by atoms with van der Waals surface area (Å²) < 4.78 is 11.0. The lowest BCUT2D eigenvalue weighted by Crippen LogP contribution is -2.51. The zero-order valence-corrected chi connectivity index (χ0v) is 13.1. The van der Waals surface area contributed by atoms with E-state index >= 15 is 0 Å². The van der Waals surface area contributed by atoms with Crippen molar-refractivity contribution in [1.82, 2.24) is 0 Å². The van der Waals surface area contributed by atoms with Gasteiger partial charge in [-0.05, 0) is 24.3 Å². The normalized spacial score (nSPS) is 16.0. The molecule has 130 valence electrons. The lowest BCUT2D eigenvalue weighted by molar-refractivity contribution is -0.110. The van der Waals surface area contributed by atoms with E-state index in [4.69, 9.17) is 9.47 Å². The van der Waals surface area contributed by atoms with Gasteiger partial charge in [-0.15, -0.1) is 0 Å². The van der Waals surface area contributed by atoms with Crippen LogP contribution in [0.25, 0.3) is 0 Å². The van der Waals surface area contributed by atoms with Gasteiger partial charge < -0.3 is 29.9 Å². The average Bonchev–Trinajstić information content (AvgIpc) is 2.64. The number of aliphatic hydroxyl groups excluding tert-OH is 4. The minimum atomic E-state index is -1.45. The Labute approximate surface area is 140 Å². The molecule has 0 bridgehead atoms. The molecule has 2 rings (SSSR count). The summed E-state index contributed by atoms with van der Waals surface area (Å²) >= 11 is 0. The van der Waals surface area contributed by atoms with Crippen molar-refractivity contribution in [2.24, 2.45) is 0 Å². The number of aliphatic hydroxyl groups is 4. The smallest absolute Gasteiger partial charge is 0.150 e. The molecule has 0 unspecified atom stereocenters. The van der Waals surface area contributed by atoms with Crippen LogP contribution in [-0.2, 0) is 0 Å². The van der Waals surface area contributed by atoms with Gasteiger partial charge in [-0.3, -0.25) is 0 Å². The molecule has 2 aromatic carbocycles. The Bertz CT molecular complexity index is 523. The van der Waals surface area contributed by atoms with Crippen LogP contribution in [0.2, 0.25) is 0 Å². The second-order valence-electron chi connectivity index (χ2n) is 5.29. The maximum Gasteiger partial charge on any atom is 0.150 e. The van der Waals surface area contributed by atoms with Crippen molar-refractivity contribution in [2.75, 3.05) is 13.2 Å². The van der Waals surface area contributed by atoms with Crippen LogP contribution in [0.5, 0.6) is 11.5 Å². The lowest BCUT2D eigenvalue weighted by Gasteiger charge is -2.30. The number of benzene rings is 2. The van der Waals surface area contributed by atoms with Crippen LogP contribution < -0.4 is 9.47 Å². The zero-order valence-electron chi connectivity index (χ0n) is 13.1. The molecule has 0 aliphatic rings. The van der Waals surface area contributed by atoms with Crippen LogP contribution in [0.4, 0.5) is 0 Å². The van der Waals surface area contributed by atoms with E-state index in [2.05, 4.69) is 0 Å². The molecule has 0 radical (unpaired) electrons. The average molecular weight is 334 g/mol. The maximum atomic E-state index is 10.3. The van der Waals surface area contributed by atoms with Crippen molar-refractivity contribution in [3.63, 3.8) is 0 Å². The molecule has 0 aliphatic carbocycles. The third-order valence-electron chi connectivity index (χ3n) is 3.53. The van der Waals surface area contributed by atoms with E-state index in [0.29, 0.717) is 11.5 Å². The van der Waals surface area contributed by atoms with Crippen molar-refractivity contribution in [1.29, 1.82) is 0 Å². The van der Waals surface area contributed by atoms with Gasteiger partial charge in [0.2, 0.25) is 0 Å². The summed E-state index contributed by atoms with van der Waals surface area (Å²) in [5.74, 6) is 0.902. The van der Waals surface area contributed by atoms with E-state index in [-0.39, 0.29) is 0 Å². The van der Waals surface area contributed by atoms with Gasteiger partial charge in [0, 0.05) is 0 Å². The molecule has 4 atom stereocenters. The molecular formula is C18H22O6. The molecule has 0 aliphatic heterocycles. The third kappa shape index (κ3) is 4.94. The summed E-state index contributed by atoms with van der Waals surface area (Å²) in [6, 6.07) is 17.3. The minimum Gasteiger partial charge on any atom is -0.485 e. The first-order valence-corrected chi connectivity index (χ1v) is 7.67. The van der Waals surface area contributed by atoms with Gasteiger partial charge in [-0.25, -0.2) is 0 Å². The number of para-hydroxylation sites is 2. The molecule has 0 saturated heterocycles. The van der Waals surface area contributed by atoms with Gasteiger partial charge in [0.05, 0.1) is 13.2 Å². The molecule has 6 heteroatoms. The fraction of sp³-hybridized carbons (Fsp3) is 0.333. The van der Waals surface area contributed by atoms with Crippen molar-refractivity contribution in [3.8, 4) is 11.5 Å². The molecule has 2 aromatic rings. The fourth-order valence-corrected chi connectivity index (χ4v) is 2.22. The van der Waals surface area contributed by atoms with E-state index in [0.717, 1.165) is 0 Å². The highest BCUT2D eigenvalue weighted by molar-refractivity contribution is 5.22. The molecule has 0 fully saturated rings. The molecule has 0 heterocycles. The number of hydrogen-bond donors (Lipinski definition) is 4. The van der Waals surface area contributed by atoms with Crippen LogP contribution in [-0.4, -0.2) is 58.1 Å². The highest BCUT2D eigenvalue weighted by Crippen LogP contribution is 2.18. The molecule has 6 nitrogen and oxygen atoms in total. The Kier molecular flexibility index (Phi) is 7.02. The second kappa shape index (κ2) is 9.24. The zero-order chi connectivity index (χ0) is 17.4. The topological polar surface area (TPSA) is 99.4 Å². The SMILES string of the molecule is OC[C@@H](Oc1ccccc1)[C@@H](O)[C@H](O)[C@@H](CO)Oc1ccccc1. The van der Waals surface area contributed by atoms with Crippen LogP contribution >= 0.6 is 0 Å². The Morgan fingerprint density at radius 1 is 0.625 bits per heavy atom. The van der Waals surface area contributed by atoms with Crippen molar-refractivity contribution in [3.05, 3.63) is 60.7 Å². The highest BCUT2D eigenvalue weighted by atomic mass is 16.5. The second-order valence-corrected chi connectivity index (χ2v) is 5.29. The van der Waals surface area contributed by atoms with Gasteiger partial charge in [-0.1, -0.05) is 36.4 Å². The van der Waals surface area contributed by atoms with Crippen molar-refractivity contribution in [2.45, 2.75) is 24.4 Å². The van der Waals surface area contributed by atoms with Crippen molar-refractivity contribution >= 4 is 0 Å². The predicted molar refractivity (Wildman–Crippen MR) is 87.9 cm³/mol. The Morgan fingerprint density at radius 3 is 1.25 bits per heavy atom. The minimum absolute atomic E-state index is 0.451. The number of ether oxygens (including phenoxy) is 2. The summed E-state index contributed by atoms with van der Waals surface area (Å²) in [7, 11) is 0. The Hall–Kier alpha value is -2.12. The monoisotopic (exact) mass is 334 g/mol. The Morgan fingerprint density at radius 2 is 0.958 bits per heavy atom. The van der Waals surface area contributed by atoms with Gasteiger partial charge in [-0.2, -0.15) is 0 Å². The van der Waals surface area contributed by atoms with Crippen LogP contribution in [0, 0.1) is 0 Å². The largest absolute Gasteiger partial charge is 0.485 e. The summed E-state index contributed by atoms with van der Waals surface area (Å²) in [6.45, 7) is -1.01. The van der Waals surface area contributed by atoms with E-state index in [9.17, 15) is 20.4 Å². The Balaban J connectivity index is 2.02. The van der Waals surface area contributed by atoms with Crippen LogP contribution in [0.15, 0.2) is 60.7 Å². The molecular weight excluding hydrogens is 312 g/mol. The standard InChI is InChI=1S/C18H22O6/c19-11-15(23-13-7-3-1-4-8-13)17(21)18(22)16(12-20)24-14-9-5-2-6-10-14/h1-10,15-22H,11-12H2/t15-,16-,17-,18-/m1/s1. The molecule has 0 spiro atoms. The highest BCUT2D eigenvalue weighted by Gasteiger charge is 2.34. The van der Waals surface area contributed by atoms with Gasteiger partial charge in [0.15, 0.2) is 12.2 Å². The van der Waals surface area contributed by atoms with Crippen molar-refractivity contribution < 1.29 is 29.9 Å². The quantitative estimate of drug-likeness (QED) is 0.536. The molecule has 0 aromatic heterocycles. The molecule has 0 saturated carbocycles. The first-order chi connectivity index (χ1) is 11.7. The maximum absolute atomic E-state index is 10.3. The summed E-state index contributed by atoms with van der Waals surface area (Å²) in [6.07, 6.45) is -5.02. The van der Waals surface area contributed by atoms with Gasteiger partial charge in [0.1, 0.15) is 23.7 Å². The van der Waals surface area contributed by atoms with Gasteiger partial charge in [0.25, 0.3) is 0 Å². The summed E-state index contributed by atoms with van der Waals surface area (Å²) in [4.78, 5) is 0. The van der Waals surface area contributed by atoms with Crippen LogP contribution in [0.1, 0.15) is 0 Å². The summed E-state index contributed by atoms with van der Waals surface area (Å²) in [5.41, 5.74) is 0. The van der Waals surface area contributed by atoms with Crippen LogP contribution in [0.3, 0.4) is 0 Å². The number of rotatable bonds is 9. The summed E-state index contributed by atoms with van der Waals surface area (Å²) in [5, 5.41) is 39.5. The lowest BCUT2D eigenvalue weighted by atomic mass is 10.0. The third-order valence-corrected chi connectivity index (χ3v) is 3.53. The first-order valence-electron chi connectivity index (χ1n) is 7.67. The number of hydrogen-bond acceptors (Lipinski definition) is 6. The van der Waals surface area contributed by atoms with E-state index in [1.807, 2.05) is 12.1 Å². The van der Waals surface area contributed by atoms with Gasteiger partial charge >= 0.3 is 0 Å². The van der Waals surface area contributed by atoms with E-state index in [1.165, 1.54) is 0 Å². The molecule has 4 N–H and O–H groups in total. The van der Waals surface area contributed by atoms with E-state index < -0.39 is 37.6 Å². The molecule has 0 amide bonds. The predicted octanol–water partition coefficient (Wildman–Crippen LogP) is 0.588. The first kappa shape index (κ1) is 18.2.